The van der Waals surface area contributed by atoms with Gasteiger partial charge in [0.2, 0.25) is 0 Å². The van der Waals surface area contributed by atoms with Crippen LogP contribution in [0, 0.1) is 25.7 Å². The molecule has 2 aliphatic heterocycles. The summed E-state index contributed by atoms with van der Waals surface area (Å²) in [6, 6.07) is 36.4. The molecule has 2 aromatic heterocycles. The van der Waals surface area contributed by atoms with E-state index < -0.39 is 6.09 Å². The van der Waals surface area contributed by atoms with E-state index in [4.69, 9.17) is 30.4 Å². The molecule has 0 aliphatic carbocycles. The number of carbonyl (C=O) groups excluding carboxylic acids is 1. The number of hydrogen-bond acceptors (Lipinski definition) is 11. The number of aromatic hydroxyl groups is 2. The van der Waals surface area contributed by atoms with E-state index in [1.165, 1.54) is 0 Å². The summed E-state index contributed by atoms with van der Waals surface area (Å²) in [4.78, 5) is 35.9. The molecule has 0 radical (unpaired) electrons. The fraction of sp³-hybridized carbons (Fsp3) is 0.271. The van der Waals surface area contributed by atoms with Gasteiger partial charge in [-0.2, -0.15) is 0 Å². The minimum atomic E-state index is -0.405. The monoisotopic (exact) mass is 802 g/mol. The van der Waals surface area contributed by atoms with E-state index in [0.29, 0.717) is 41.8 Å². The lowest BCUT2D eigenvalue weighted by Crippen LogP contribution is -2.31. The van der Waals surface area contributed by atoms with Crippen LogP contribution in [0.4, 0.5) is 16.4 Å². The molecule has 4 heterocycles. The van der Waals surface area contributed by atoms with Gasteiger partial charge in [0, 0.05) is 43.5 Å². The Morgan fingerprint density at radius 1 is 0.683 bits per heavy atom. The van der Waals surface area contributed by atoms with Gasteiger partial charge < -0.3 is 35.8 Å². The predicted octanol–water partition coefficient (Wildman–Crippen LogP) is 8.16. The number of benzene rings is 5. The van der Waals surface area contributed by atoms with Gasteiger partial charge in [0.15, 0.2) is 11.6 Å². The Kier molecular flexibility index (Phi) is 12.0. The number of phenolic OH excluding ortho intramolecular Hbond substituents is 2. The number of para-hydroxylation sites is 2. The van der Waals surface area contributed by atoms with Crippen LogP contribution in [0.3, 0.4) is 0 Å². The highest BCUT2D eigenvalue weighted by atomic mass is 16.5. The zero-order chi connectivity index (χ0) is 41.6. The van der Waals surface area contributed by atoms with Gasteiger partial charge in [-0.1, -0.05) is 66.7 Å². The lowest BCUT2D eigenvalue weighted by Gasteiger charge is -2.21. The number of nitrogens with zero attached hydrogens (tertiary/aromatic N) is 6. The normalized spacial score (nSPS) is 16.2. The quantitative estimate of drug-likeness (QED) is 0.111. The van der Waals surface area contributed by atoms with Crippen molar-refractivity contribution in [2.75, 3.05) is 49.1 Å². The number of nitrogens with one attached hydrogen (secondary N) is 1. The zero-order valence-corrected chi connectivity index (χ0v) is 34.0. The lowest BCUT2D eigenvalue weighted by molar-refractivity contribution is 0.138. The lowest BCUT2D eigenvalue weighted by atomic mass is 10.1. The molecule has 0 saturated carbocycles. The van der Waals surface area contributed by atoms with Crippen molar-refractivity contribution in [1.29, 1.82) is 0 Å². The molecule has 0 unspecified atom stereocenters. The molecule has 2 fully saturated rings. The van der Waals surface area contributed by atoms with Crippen LogP contribution < -0.4 is 20.9 Å². The molecule has 5 aromatic carbocycles. The van der Waals surface area contributed by atoms with Gasteiger partial charge in [-0.25, -0.2) is 24.7 Å². The highest BCUT2D eigenvalue weighted by molar-refractivity contribution is 5.93. The number of phenols is 2. The van der Waals surface area contributed by atoms with Crippen molar-refractivity contribution in [1.82, 2.24) is 25.3 Å². The molecule has 9 rings (SSSR count). The van der Waals surface area contributed by atoms with E-state index >= 15 is 0 Å². The molecule has 1 amide bonds. The summed E-state index contributed by atoms with van der Waals surface area (Å²) in [5.41, 5.74) is 12.1. The Balaban J connectivity index is 0.000000176. The molecule has 60 heavy (non-hydrogen) atoms. The highest BCUT2D eigenvalue weighted by Gasteiger charge is 2.27. The smallest absolute Gasteiger partial charge is 0.407 e. The number of aryl methyl sites for hydroxylation is 2. The van der Waals surface area contributed by atoms with Crippen LogP contribution in [0.15, 0.2) is 115 Å². The van der Waals surface area contributed by atoms with Gasteiger partial charge in [0.1, 0.15) is 29.7 Å². The summed E-state index contributed by atoms with van der Waals surface area (Å²) in [5.74, 6) is 3.98. The topological polar surface area (TPSA) is 163 Å². The first-order chi connectivity index (χ1) is 29.2. The van der Waals surface area contributed by atoms with Crippen LogP contribution in [-0.4, -0.2) is 75.5 Å². The molecule has 12 nitrogen and oxygen atoms in total. The summed E-state index contributed by atoms with van der Waals surface area (Å²) in [5, 5.41) is 25.5. The molecule has 12 heteroatoms. The minimum absolute atomic E-state index is 0.156. The number of nitrogens with two attached hydrogens (primary N) is 1. The molecule has 2 aliphatic rings. The second-order valence-corrected chi connectivity index (χ2v) is 15.7. The number of rotatable bonds is 9. The fourth-order valence-electron chi connectivity index (χ4n) is 7.91. The molecule has 2 saturated heterocycles. The SMILES string of the molecule is Cc1ccc2c(N3CC[C@H](CN)C3)nc(-c3ccccc3O)nc2c1.Cc1ccc2c(N3CC[C@H](CNC(=O)OCc4ccccc4)C3)nc(-c3ccccc3O)nc2c1. The molecule has 5 N–H and O–H groups in total. The van der Waals surface area contributed by atoms with Crippen LogP contribution in [0.5, 0.6) is 11.5 Å². The third-order valence-corrected chi connectivity index (χ3v) is 11.2. The maximum absolute atomic E-state index is 12.2. The van der Waals surface area contributed by atoms with Crippen LogP contribution in [0.25, 0.3) is 44.6 Å². The van der Waals surface area contributed by atoms with Crippen LogP contribution >= 0.6 is 0 Å². The van der Waals surface area contributed by atoms with Gasteiger partial charge in [-0.05, 0) is 110 Å². The summed E-state index contributed by atoms with van der Waals surface area (Å²) >= 11 is 0. The van der Waals surface area contributed by atoms with Gasteiger partial charge >= 0.3 is 6.09 Å². The highest BCUT2D eigenvalue weighted by Crippen LogP contribution is 2.35. The van der Waals surface area contributed by atoms with Crippen molar-refractivity contribution >= 4 is 39.5 Å². The maximum Gasteiger partial charge on any atom is 0.407 e. The summed E-state index contributed by atoms with van der Waals surface area (Å²) in [7, 11) is 0. The van der Waals surface area contributed by atoms with E-state index in [0.717, 1.165) is 89.2 Å². The van der Waals surface area contributed by atoms with E-state index in [-0.39, 0.29) is 24.0 Å². The molecule has 7 aromatic rings. The Bertz CT molecular complexity index is 2620. The van der Waals surface area contributed by atoms with Crippen LogP contribution in [0.1, 0.15) is 29.5 Å². The van der Waals surface area contributed by atoms with Gasteiger partial charge in [0.25, 0.3) is 0 Å². The average Bonchev–Trinajstić information content (AvgIpc) is 3.95. The number of alkyl carbamates (subject to hydrolysis) is 1. The summed E-state index contributed by atoms with van der Waals surface area (Å²) in [6.45, 7) is 9.04. The number of carbonyl (C=O) groups is 1. The number of amides is 1. The van der Waals surface area contributed by atoms with Crippen molar-refractivity contribution in [3.05, 3.63) is 132 Å². The minimum Gasteiger partial charge on any atom is -0.507 e. The molecular formula is C48H50N8O4. The standard InChI is InChI=1S/C28H28N4O3.C20H22N4O/c1-19-11-12-22-24(15-19)30-26(23-9-5-6-10-25(23)33)31-27(22)32-14-13-21(17-32)16-29-28(34)35-18-20-7-3-2-4-8-20;1-13-6-7-15-17(10-13)22-19(16-4-2-3-5-18(16)25)23-20(15)24-9-8-14(11-21)12-24/h2-12,15,21,33H,13-14,16-18H2,1H3,(H,29,34);2-7,10,14,25H,8-9,11-12,21H2,1H3/t21-;14-/m11/s1. The second kappa shape index (κ2) is 18.0. The van der Waals surface area contributed by atoms with E-state index in [9.17, 15) is 15.0 Å². The number of hydrogen-bond donors (Lipinski definition) is 4. The van der Waals surface area contributed by atoms with Crippen LogP contribution in [0.2, 0.25) is 0 Å². The third kappa shape index (κ3) is 9.08. The second-order valence-electron chi connectivity index (χ2n) is 15.7. The summed E-state index contributed by atoms with van der Waals surface area (Å²) in [6.07, 6.45) is 1.61. The first-order valence-electron chi connectivity index (χ1n) is 20.5. The van der Waals surface area contributed by atoms with Crippen molar-refractivity contribution in [3.63, 3.8) is 0 Å². The van der Waals surface area contributed by atoms with Crippen LogP contribution in [-0.2, 0) is 11.3 Å². The average molecular weight is 803 g/mol. The Morgan fingerprint density at radius 2 is 1.18 bits per heavy atom. The Labute approximate surface area is 349 Å². The number of ether oxygens (including phenoxy) is 1. The Morgan fingerprint density at radius 3 is 1.70 bits per heavy atom. The Hall–Kier alpha value is -6.79. The number of anilines is 2. The molecule has 2 atom stereocenters. The van der Waals surface area contributed by atoms with Gasteiger partial charge in [-0.15, -0.1) is 0 Å². The maximum atomic E-state index is 12.2. The zero-order valence-electron chi connectivity index (χ0n) is 34.0. The first kappa shape index (κ1) is 40.0. The van der Waals surface area contributed by atoms with Gasteiger partial charge in [0.05, 0.1) is 22.2 Å². The largest absolute Gasteiger partial charge is 0.507 e. The predicted molar refractivity (Wildman–Crippen MR) is 237 cm³/mol. The third-order valence-electron chi connectivity index (χ3n) is 11.2. The van der Waals surface area contributed by atoms with E-state index in [2.05, 4.69) is 52.4 Å². The fourth-order valence-corrected chi connectivity index (χ4v) is 7.91. The number of fused-ring (bicyclic) bond motifs is 2. The number of aromatic nitrogens is 4. The van der Waals surface area contributed by atoms with E-state index in [1.54, 1.807) is 24.3 Å². The molecule has 306 valence electrons. The van der Waals surface area contributed by atoms with E-state index in [1.807, 2.05) is 67.6 Å². The van der Waals surface area contributed by atoms with Crippen molar-refractivity contribution in [3.8, 4) is 34.3 Å². The van der Waals surface area contributed by atoms with Gasteiger partial charge in [-0.3, -0.25) is 0 Å². The first-order valence-corrected chi connectivity index (χ1v) is 20.5. The van der Waals surface area contributed by atoms with Crippen molar-refractivity contribution in [2.45, 2.75) is 33.3 Å². The van der Waals surface area contributed by atoms with Crippen molar-refractivity contribution in [2.24, 2.45) is 17.6 Å². The molecule has 0 spiro atoms. The molecule has 0 bridgehead atoms. The molecular weight excluding hydrogens is 753 g/mol. The summed E-state index contributed by atoms with van der Waals surface area (Å²) < 4.78 is 5.34. The van der Waals surface area contributed by atoms with Crippen molar-refractivity contribution < 1.29 is 19.7 Å².